The van der Waals surface area contributed by atoms with Crippen molar-refractivity contribution >= 4 is 11.9 Å². The van der Waals surface area contributed by atoms with Crippen LogP contribution in [-0.4, -0.2) is 46.5 Å². The van der Waals surface area contributed by atoms with Crippen LogP contribution < -0.4 is 4.90 Å². The van der Waals surface area contributed by atoms with E-state index in [2.05, 4.69) is 16.8 Å². The van der Waals surface area contributed by atoms with Crippen LogP contribution in [-0.2, 0) is 4.79 Å². The van der Waals surface area contributed by atoms with Crippen LogP contribution in [0.2, 0.25) is 0 Å². The minimum absolute atomic E-state index is 0.204. The second kappa shape index (κ2) is 9.63. The highest BCUT2D eigenvalue weighted by Crippen LogP contribution is 2.33. The van der Waals surface area contributed by atoms with Crippen molar-refractivity contribution in [3.05, 3.63) is 42.5 Å². The normalized spacial score (nSPS) is 22.3. The number of halogens is 1. The summed E-state index contributed by atoms with van der Waals surface area (Å²) >= 11 is 0. The lowest BCUT2D eigenvalue weighted by molar-refractivity contribution is -0.137. The summed E-state index contributed by atoms with van der Waals surface area (Å²) in [5.41, 5.74) is 0.503. The first-order chi connectivity index (χ1) is 14.7. The van der Waals surface area contributed by atoms with Gasteiger partial charge in [0.05, 0.1) is 5.69 Å². The summed E-state index contributed by atoms with van der Waals surface area (Å²) in [4.78, 5) is 21.7. The van der Waals surface area contributed by atoms with E-state index in [4.69, 9.17) is 0 Å². The third-order valence-corrected chi connectivity index (χ3v) is 6.77. The van der Waals surface area contributed by atoms with Gasteiger partial charge in [-0.3, -0.25) is 9.36 Å². The Bertz CT molecular complexity index is 835. The molecule has 0 N–H and O–H groups in total. The van der Waals surface area contributed by atoms with Crippen molar-refractivity contribution in [1.29, 1.82) is 0 Å². The number of carbonyl (C=O) groups is 1. The number of para-hydroxylation sites is 1. The molecule has 0 unspecified atom stereocenters. The molecule has 1 aromatic heterocycles. The van der Waals surface area contributed by atoms with Gasteiger partial charge in [-0.1, -0.05) is 38.3 Å². The van der Waals surface area contributed by atoms with Gasteiger partial charge < -0.3 is 9.80 Å². The number of piperazine rings is 1. The molecule has 4 rings (SSSR count). The van der Waals surface area contributed by atoms with Crippen molar-refractivity contribution in [3.8, 4) is 5.69 Å². The Hall–Kier alpha value is -2.37. The van der Waals surface area contributed by atoms with Crippen LogP contribution in [0.5, 0.6) is 0 Å². The predicted molar refractivity (Wildman–Crippen MR) is 117 cm³/mol. The highest BCUT2D eigenvalue weighted by atomic mass is 19.1. The highest BCUT2D eigenvalue weighted by molar-refractivity contribution is 5.79. The Kier molecular flexibility index (Phi) is 6.70. The maximum Gasteiger partial charge on any atom is 0.225 e. The summed E-state index contributed by atoms with van der Waals surface area (Å²) in [6.45, 7) is 5.11. The van der Waals surface area contributed by atoms with Gasteiger partial charge in [0.15, 0.2) is 0 Å². The molecule has 1 amide bonds. The molecule has 0 bridgehead atoms. The number of imidazole rings is 1. The number of unbranched alkanes of at least 4 members (excludes halogenated alkanes) is 1. The van der Waals surface area contributed by atoms with Crippen molar-refractivity contribution in [3.63, 3.8) is 0 Å². The predicted octanol–water partition coefficient (Wildman–Crippen LogP) is 4.66. The van der Waals surface area contributed by atoms with Gasteiger partial charge in [-0.25, -0.2) is 9.37 Å². The molecule has 162 valence electrons. The van der Waals surface area contributed by atoms with Crippen molar-refractivity contribution in [2.75, 3.05) is 31.1 Å². The summed E-state index contributed by atoms with van der Waals surface area (Å²) in [6.07, 6.45) is 11.9. The van der Waals surface area contributed by atoms with Crippen LogP contribution in [0.3, 0.4) is 0 Å². The van der Waals surface area contributed by atoms with Gasteiger partial charge in [-0.2, -0.15) is 0 Å². The van der Waals surface area contributed by atoms with Crippen LogP contribution in [0.15, 0.2) is 36.7 Å². The van der Waals surface area contributed by atoms with Gasteiger partial charge in [0.1, 0.15) is 5.82 Å². The Morgan fingerprint density at radius 1 is 1.10 bits per heavy atom. The van der Waals surface area contributed by atoms with Gasteiger partial charge in [0, 0.05) is 44.5 Å². The summed E-state index contributed by atoms with van der Waals surface area (Å²) in [7, 11) is 0. The largest absolute Gasteiger partial charge is 0.339 e. The standard InChI is InChI=1S/C24H33FN4O/c1-2-3-6-19-9-11-20(12-10-19)23(30)27-15-17-28(18-16-27)24-26-13-14-29(24)22-8-5-4-7-21(22)25/h4-5,7-8,13-14,19-20H,2-3,6,9-12,15-18H2,1H3. The quantitative estimate of drug-likeness (QED) is 0.693. The number of hydrogen-bond donors (Lipinski definition) is 0. The number of rotatable bonds is 6. The van der Waals surface area contributed by atoms with E-state index in [1.165, 1.54) is 38.2 Å². The van der Waals surface area contributed by atoms with Gasteiger partial charge in [-0.15, -0.1) is 0 Å². The van der Waals surface area contributed by atoms with Gasteiger partial charge >= 0.3 is 0 Å². The third-order valence-electron chi connectivity index (χ3n) is 6.77. The highest BCUT2D eigenvalue weighted by Gasteiger charge is 2.31. The zero-order valence-electron chi connectivity index (χ0n) is 18.0. The van der Waals surface area contributed by atoms with E-state index in [0.29, 0.717) is 24.7 Å². The molecule has 1 saturated carbocycles. The number of aromatic nitrogens is 2. The lowest BCUT2D eigenvalue weighted by Gasteiger charge is -2.38. The second-order valence-electron chi connectivity index (χ2n) is 8.72. The van der Waals surface area contributed by atoms with Gasteiger partial charge in [0.2, 0.25) is 11.9 Å². The number of hydrogen-bond acceptors (Lipinski definition) is 3. The SMILES string of the molecule is CCCCC1CCC(C(=O)N2CCN(c3nccn3-c3ccccc3F)CC2)CC1. The Balaban J connectivity index is 1.33. The van der Waals surface area contributed by atoms with Gasteiger partial charge in [-0.05, 0) is 43.7 Å². The molecule has 2 aromatic rings. The van der Waals surface area contributed by atoms with Gasteiger partial charge in [0.25, 0.3) is 0 Å². The third kappa shape index (κ3) is 4.52. The van der Waals surface area contributed by atoms with E-state index >= 15 is 0 Å². The molecule has 2 aliphatic rings. The zero-order chi connectivity index (χ0) is 20.9. The first-order valence-electron chi connectivity index (χ1n) is 11.5. The number of carbonyl (C=O) groups excluding carboxylic acids is 1. The van der Waals surface area contributed by atoms with E-state index in [1.807, 2.05) is 11.0 Å². The monoisotopic (exact) mass is 412 g/mol. The molecule has 1 aromatic carbocycles. The fourth-order valence-corrected chi connectivity index (χ4v) is 4.94. The van der Waals surface area contributed by atoms with Crippen molar-refractivity contribution in [1.82, 2.24) is 14.5 Å². The first kappa shape index (κ1) is 20.9. The fourth-order valence-electron chi connectivity index (χ4n) is 4.94. The van der Waals surface area contributed by atoms with Crippen molar-refractivity contribution in [2.24, 2.45) is 11.8 Å². The molecule has 1 aliphatic heterocycles. The summed E-state index contributed by atoms with van der Waals surface area (Å²) in [5.74, 6) is 1.84. The Morgan fingerprint density at radius 2 is 1.83 bits per heavy atom. The Labute approximate surface area is 178 Å². The fraction of sp³-hybridized carbons (Fsp3) is 0.583. The molecular weight excluding hydrogens is 379 g/mol. The second-order valence-corrected chi connectivity index (χ2v) is 8.72. The van der Waals surface area contributed by atoms with E-state index in [-0.39, 0.29) is 11.7 Å². The Morgan fingerprint density at radius 3 is 2.53 bits per heavy atom. The number of anilines is 1. The lowest BCUT2D eigenvalue weighted by Crippen LogP contribution is -2.51. The molecule has 6 heteroatoms. The van der Waals surface area contributed by atoms with Crippen LogP contribution >= 0.6 is 0 Å². The molecule has 2 fully saturated rings. The number of nitrogens with zero attached hydrogens (tertiary/aromatic N) is 4. The summed E-state index contributed by atoms with van der Waals surface area (Å²) in [5, 5.41) is 0. The molecule has 1 saturated heterocycles. The van der Waals surface area contributed by atoms with Crippen molar-refractivity contribution in [2.45, 2.75) is 51.9 Å². The van der Waals surface area contributed by atoms with Crippen LogP contribution in [0.4, 0.5) is 10.3 Å². The number of amides is 1. The van der Waals surface area contributed by atoms with E-state index in [9.17, 15) is 9.18 Å². The van der Waals surface area contributed by atoms with Crippen molar-refractivity contribution < 1.29 is 9.18 Å². The summed E-state index contributed by atoms with van der Waals surface area (Å²) in [6, 6.07) is 6.75. The molecule has 0 radical (unpaired) electrons. The molecule has 0 atom stereocenters. The van der Waals surface area contributed by atoms with Crippen LogP contribution in [0.25, 0.3) is 5.69 Å². The van der Waals surface area contributed by atoms with E-state index in [1.54, 1.807) is 29.1 Å². The zero-order valence-corrected chi connectivity index (χ0v) is 18.0. The molecule has 0 spiro atoms. The average Bonchev–Trinajstić information content (AvgIpc) is 3.27. The van der Waals surface area contributed by atoms with E-state index < -0.39 is 0 Å². The molecule has 5 nitrogen and oxygen atoms in total. The topological polar surface area (TPSA) is 41.4 Å². The smallest absolute Gasteiger partial charge is 0.225 e. The lowest BCUT2D eigenvalue weighted by atomic mass is 9.79. The number of benzene rings is 1. The molecule has 30 heavy (non-hydrogen) atoms. The maximum atomic E-state index is 14.2. The average molecular weight is 413 g/mol. The first-order valence-corrected chi connectivity index (χ1v) is 11.5. The maximum absolute atomic E-state index is 14.2. The molecular formula is C24H33FN4O. The van der Waals surface area contributed by atoms with Crippen LogP contribution in [0, 0.1) is 17.7 Å². The molecule has 1 aliphatic carbocycles. The molecule has 2 heterocycles. The van der Waals surface area contributed by atoms with E-state index in [0.717, 1.165) is 37.8 Å². The minimum Gasteiger partial charge on any atom is -0.339 e. The summed E-state index contributed by atoms with van der Waals surface area (Å²) < 4.78 is 16.0. The minimum atomic E-state index is -0.264. The van der Waals surface area contributed by atoms with Crippen LogP contribution in [0.1, 0.15) is 51.9 Å².